The summed E-state index contributed by atoms with van der Waals surface area (Å²) in [6, 6.07) is 7.83. The Morgan fingerprint density at radius 2 is 1.89 bits per heavy atom. The first-order chi connectivity index (χ1) is 8.70. The van der Waals surface area contributed by atoms with E-state index < -0.39 is 0 Å². The van der Waals surface area contributed by atoms with E-state index in [1.165, 1.54) is 0 Å². The van der Waals surface area contributed by atoms with Gasteiger partial charge in [-0.15, -0.1) is 0 Å². The van der Waals surface area contributed by atoms with Crippen LogP contribution >= 0.6 is 0 Å². The lowest BCUT2D eigenvalue weighted by molar-refractivity contribution is -0.130. The van der Waals surface area contributed by atoms with Crippen molar-refractivity contribution in [3.05, 3.63) is 29.8 Å². The smallest absolute Gasteiger partial charge is 0.246 e. The number of nitrogens with zero attached hydrogens (tertiary/aromatic N) is 1. The van der Waals surface area contributed by atoms with E-state index >= 15 is 0 Å². The summed E-state index contributed by atoms with van der Waals surface area (Å²) in [5.41, 5.74) is 2.04. The molecule has 5 heteroatoms. The van der Waals surface area contributed by atoms with Gasteiger partial charge in [-0.05, 0) is 18.2 Å². The van der Waals surface area contributed by atoms with Crippen molar-refractivity contribution >= 4 is 17.5 Å². The number of carbonyl (C=O) groups is 2. The Hall–Kier alpha value is -1.88. The quantitative estimate of drug-likeness (QED) is 0.749. The largest absolute Gasteiger partial charge is 0.353 e. The van der Waals surface area contributed by atoms with Gasteiger partial charge in [-0.25, -0.2) is 0 Å². The normalized spacial score (nSPS) is 15.7. The maximum atomic E-state index is 11.4. The van der Waals surface area contributed by atoms with Crippen molar-refractivity contribution in [2.45, 2.75) is 13.5 Å². The van der Waals surface area contributed by atoms with Gasteiger partial charge in [0.2, 0.25) is 11.8 Å². The van der Waals surface area contributed by atoms with Gasteiger partial charge in [0.05, 0.1) is 13.1 Å². The van der Waals surface area contributed by atoms with Crippen LogP contribution in [0.3, 0.4) is 0 Å². The SMILES string of the molecule is CCNCc1ccccc1N1CC(=O)NC(=O)C1. The Morgan fingerprint density at radius 1 is 1.22 bits per heavy atom. The predicted molar refractivity (Wildman–Crippen MR) is 69.2 cm³/mol. The lowest BCUT2D eigenvalue weighted by atomic mass is 10.1. The molecule has 96 valence electrons. The average Bonchev–Trinajstić information content (AvgIpc) is 2.35. The Morgan fingerprint density at radius 3 is 2.56 bits per heavy atom. The molecule has 5 nitrogen and oxygen atoms in total. The molecule has 0 aliphatic carbocycles. The molecule has 2 rings (SSSR count). The minimum Gasteiger partial charge on any atom is -0.353 e. The second-order valence-electron chi connectivity index (χ2n) is 4.24. The predicted octanol–water partition coefficient (Wildman–Crippen LogP) is 0.259. The minimum absolute atomic E-state index is 0.231. The van der Waals surface area contributed by atoms with Gasteiger partial charge >= 0.3 is 0 Å². The van der Waals surface area contributed by atoms with Crippen molar-refractivity contribution in [2.75, 3.05) is 24.5 Å². The standard InChI is InChI=1S/C13H17N3O2/c1-2-14-7-10-5-3-4-6-11(10)16-8-12(17)15-13(18)9-16/h3-6,14H,2,7-9H2,1H3,(H,15,17,18). The molecule has 1 heterocycles. The zero-order valence-electron chi connectivity index (χ0n) is 10.4. The third-order valence-corrected chi connectivity index (χ3v) is 2.85. The van der Waals surface area contributed by atoms with Crippen LogP contribution in [0.4, 0.5) is 5.69 Å². The van der Waals surface area contributed by atoms with Crippen LogP contribution in [0, 0.1) is 0 Å². The molecular weight excluding hydrogens is 230 g/mol. The van der Waals surface area contributed by atoms with E-state index in [1.807, 2.05) is 36.1 Å². The molecule has 1 fully saturated rings. The maximum Gasteiger partial charge on any atom is 0.246 e. The van der Waals surface area contributed by atoms with E-state index in [1.54, 1.807) is 0 Å². The Bertz CT molecular complexity index is 443. The van der Waals surface area contributed by atoms with Crippen LogP contribution < -0.4 is 15.5 Å². The van der Waals surface area contributed by atoms with Gasteiger partial charge in [-0.1, -0.05) is 25.1 Å². The lowest BCUT2D eigenvalue weighted by Crippen LogP contribution is -2.51. The number of hydrogen-bond donors (Lipinski definition) is 2. The summed E-state index contributed by atoms with van der Waals surface area (Å²) < 4.78 is 0. The molecule has 0 bridgehead atoms. The molecule has 0 spiro atoms. The first-order valence-electron chi connectivity index (χ1n) is 6.07. The number of amides is 2. The second kappa shape index (κ2) is 5.64. The molecule has 1 aromatic rings. The fourth-order valence-corrected chi connectivity index (χ4v) is 2.04. The molecule has 0 radical (unpaired) electrons. The van der Waals surface area contributed by atoms with Gasteiger partial charge < -0.3 is 10.2 Å². The Balaban J connectivity index is 2.20. The molecule has 1 aliphatic rings. The number of carbonyl (C=O) groups excluding carboxylic acids is 2. The van der Waals surface area contributed by atoms with Crippen molar-refractivity contribution in [3.8, 4) is 0 Å². The summed E-state index contributed by atoms with van der Waals surface area (Å²) >= 11 is 0. The first-order valence-corrected chi connectivity index (χ1v) is 6.07. The zero-order valence-corrected chi connectivity index (χ0v) is 10.4. The summed E-state index contributed by atoms with van der Waals surface area (Å²) in [6.07, 6.45) is 0. The summed E-state index contributed by atoms with van der Waals surface area (Å²) in [5, 5.41) is 5.56. The summed E-state index contributed by atoms with van der Waals surface area (Å²) in [6.45, 7) is 4.12. The molecule has 0 aromatic heterocycles. The number of imide groups is 1. The average molecular weight is 247 g/mol. The van der Waals surface area contributed by atoms with Crippen LogP contribution in [-0.4, -0.2) is 31.4 Å². The van der Waals surface area contributed by atoms with E-state index in [2.05, 4.69) is 10.6 Å². The fraction of sp³-hybridized carbons (Fsp3) is 0.385. The molecule has 2 N–H and O–H groups in total. The van der Waals surface area contributed by atoms with Crippen LogP contribution in [0.1, 0.15) is 12.5 Å². The van der Waals surface area contributed by atoms with Crippen LogP contribution in [0.25, 0.3) is 0 Å². The molecule has 18 heavy (non-hydrogen) atoms. The molecule has 0 atom stereocenters. The monoisotopic (exact) mass is 247 g/mol. The molecule has 1 saturated heterocycles. The molecule has 2 amide bonds. The summed E-state index contributed by atoms with van der Waals surface area (Å²) in [4.78, 5) is 24.6. The van der Waals surface area contributed by atoms with E-state index in [-0.39, 0.29) is 24.9 Å². The van der Waals surface area contributed by atoms with E-state index in [0.29, 0.717) is 0 Å². The van der Waals surface area contributed by atoms with Crippen LogP contribution in [0.15, 0.2) is 24.3 Å². The zero-order chi connectivity index (χ0) is 13.0. The van der Waals surface area contributed by atoms with E-state index in [0.717, 1.165) is 24.3 Å². The number of rotatable bonds is 4. The summed E-state index contributed by atoms with van der Waals surface area (Å²) in [7, 11) is 0. The maximum absolute atomic E-state index is 11.4. The number of anilines is 1. The number of piperazine rings is 1. The second-order valence-corrected chi connectivity index (χ2v) is 4.24. The molecule has 1 aromatic carbocycles. The highest BCUT2D eigenvalue weighted by Gasteiger charge is 2.23. The van der Waals surface area contributed by atoms with Gasteiger partial charge in [0.15, 0.2) is 0 Å². The van der Waals surface area contributed by atoms with Gasteiger partial charge in [-0.3, -0.25) is 14.9 Å². The highest BCUT2D eigenvalue weighted by Crippen LogP contribution is 2.20. The minimum atomic E-state index is -0.246. The van der Waals surface area contributed by atoms with Crippen LogP contribution in [0.2, 0.25) is 0 Å². The number of para-hydroxylation sites is 1. The first kappa shape index (κ1) is 12.6. The van der Waals surface area contributed by atoms with Gasteiger partial charge in [0.1, 0.15) is 0 Å². The number of nitrogens with one attached hydrogen (secondary N) is 2. The summed E-state index contributed by atoms with van der Waals surface area (Å²) in [5.74, 6) is -0.492. The van der Waals surface area contributed by atoms with E-state index in [9.17, 15) is 9.59 Å². The van der Waals surface area contributed by atoms with Crippen molar-refractivity contribution < 1.29 is 9.59 Å². The lowest BCUT2D eigenvalue weighted by Gasteiger charge is -2.29. The van der Waals surface area contributed by atoms with Crippen LogP contribution in [0.5, 0.6) is 0 Å². The third-order valence-electron chi connectivity index (χ3n) is 2.85. The highest BCUT2D eigenvalue weighted by atomic mass is 16.2. The van der Waals surface area contributed by atoms with Crippen molar-refractivity contribution in [1.29, 1.82) is 0 Å². The van der Waals surface area contributed by atoms with Crippen molar-refractivity contribution in [3.63, 3.8) is 0 Å². The Labute approximate surface area is 106 Å². The van der Waals surface area contributed by atoms with Gasteiger partial charge in [0, 0.05) is 12.2 Å². The third kappa shape index (κ3) is 2.87. The van der Waals surface area contributed by atoms with Gasteiger partial charge in [0.25, 0.3) is 0 Å². The molecule has 0 unspecified atom stereocenters. The topological polar surface area (TPSA) is 61.4 Å². The highest BCUT2D eigenvalue weighted by molar-refractivity contribution is 6.02. The van der Waals surface area contributed by atoms with Gasteiger partial charge in [-0.2, -0.15) is 0 Å². The number of benzene rings is 1. The fourth-order valence-electron chi connectivity index (χ4n) is 2.04. The van der Waals surface area contributed by atoms with Crippen molar-refractivity contribution in [1.82, 2.24) is 10.6 Å². The molecular formula is C13H17N3O2. The van der Waals surface area contributed by atoms with E-state index in [4.69, 9.17) is 0 Å². The van der Waals surface area contributed by atoms with Crippen molar-refractivity contribution in [2.24, 2.45) is 0 Å². The van der Waals surface area contributed by atoms with Crippen LogP contribution in [-0.2, 0) is 16.1 Å². The number of hydrogen-bond acceptors (Lipinski definition) is 4. The Kier molecular flexibility index (Phi) is 3.94. The molecule has 1 aliphatic heterocycles. The molecule has 0 saturated carbocycles.